The number of fused-ring (bicyclic) bond motifs is 5. The lowest BCUT2D eigenvalue weighted by Crippen LogP contribution is -2.56. The number of Topliss-reactive ketones (excluding diaryl/α,β-unsaturated/α-hetero) is 1. The Morgan fingerprint density at radius 2 is 1.83 bits per heavy atom. The first-order valence-electron chi connectivity index (χ1n) is 9.59. The third-order valence-electron chi connectivity index (χ3n) is 8.67. The molecule has 126 valence electrons. The quantitative estimate of drug-likeness (QED) is 0.690. The van der Waals surface area contributed by atoms with Crippen molar-refractivity contribution in [3.63, 3.8) is 0 Å². The summed E-state index contributed by atoms with van der Waals surface area (Å²) in [5.41, 5.74) is 0.232. The van der Waals surface area contributed by atoms with Gasteiger partial charge >= 0.3 is 0 Å². The first-order valence-corrected chi connectivity index (χ1v) is 9.59. The van der Waals surface area contributed by atoms with Gasteiger partial charge in [0.15, 0.2) is 0 Å². The van der Waals surface area contributed by atoms with E-state index in [0.29, 0.717) is 29.5 Å². The minimum Gasteiger partial charge on any atom is -0.392 e. The fourth-order valence-corrected chi connectivity index (χ4v) is 7.35. The summed E-state index contributed by atoms with van der Waals surface area (Å²) in [7, 11) is 0. The Labute approximate surface area is 140 Å². The Kier molecular flexibility index (Phi) is 3.48. The lowest BCUT2D eigenvalue weighted by Gasteiger charge is -2.61. The van der Waals surface area contributed by atoms with E-state index in [1.165, 1.54) is 12.8 Å². The predicted octanol–water partition coefficient (Wildman–Crippen LogP) is 3.82. The van der Waals surface area contributed by atoms with Crippen molar-refractivity contribution in [3.05, 3.63) is 0 Å². The van der Waals surface area contributed by atoms with E-state index in [1.54, 1.807) is 0 Å². The molecule has 0 heterocycles. The zero-order valence-electron chi connectivity index (χ0n) is 14.6. The highest BCUT2D eigenvalue weighted by Gasteiger charge is 2.61. The zero-order chi connectivity index (χ0) is 16.4. The minimum atomic E-state index is -0.309. The molecule has 4 aliphatic carbocycles. The van der Waals surface area contributed by atoms with Gasteiger partial charge in [-0.15, -0.1) is 12.3 Å². The van der Waals surface area contributed by atoms with E-state index in [1.807, 2.05) is 0 Å². The molecule has 0 radical (unpaired) electrons. The van der Waals surface area contributed by atoms with Crippen LogP contribution in [0.25, 0.3) is 0 Å². The summed E-state index contributed by atoms with van der Waals surface area (Å²) < 4.78 is 0. The number of terminal acetylenes is 1. The summed E-state index contributed by atoms with van der Waals surface area (Å²) in [5, 5.41) is 10.4. The van der Waals surface area contributed by atoms with E-state index in [2.05, 4.69) is 19.8 Å². The Morgan fingerprint density at radius 1 is 1.04 bits per heavy atom. The number of carbonyl (C=O) groups excluding carboxylic acids is 1. The van der Waals surface area contributed by atoms with Crippen LogP contribution in [0.4, 0.5) is 0 Å². The van der Waals surface area contributed by atoms with E-state index < -0.39 is 0 Å². The lowest BCUT2D eigenvalue weighted by atomic mass is 9.43. The summed E-state index contributed by atoms with van der Waals surface area (Å²) in [6.07, 6.45) is 14.0. The number of aliphatic hydroxyl groups is 1. The van der Waals surface area contributed by atoms with Crippen molar-refractivity contribution in [1.82, 2.24) is 0 Å². The van der Waals surface area contributed by atoms with Crippen molar-refractivity contribution in [2.75, 3.05) is 0 Å². The van der Waals surface area contributed by atoms with Crippen LogP contribution >= 0.6 is 0 Å². The molecule has 23 heavy (non-hydrogen) atoms. The number of ketones is 1. The molecular weight excluding hydrogens is 284 g/mol. The van der Waals surface area contributed by atoms with Gasteiger partial charge in [0.1, 0.15) is 5.78 Å². The van der Waals surface area contributed by atoms with Crippen molar-refractivity contribution >= 4 is 5.78 Å². The largest absolute Gasteiger partial charge is 0.392 e. The van der Waals surface area contributed by atoms with E-state index in [4.69, 9.17) is 6.42 Å². The van der Waals surface area contributed by atoms with Crippen molar-refractivity contribution < 1.29 is 9.90 Å². The van der Waals surface area contributed by atoms with Crippen LogP contribution in [0.1, 0.15) is 65.2 Å². The van der Waals surface area contributed by atoms with Crippen LogP contribution in [0, 0.1) is 52.8 Å². The standard InChI is InChI=1S/C21H30O2/c1-4-13-15-6-5-14-16-7-8-19(23)21(16,3)11-9-17(14)20(15,2)12-10-18(13)22/h1,13-18,22H,5-12H2,2-3H3/t13-,14+,15+,16+,17+,18-,20+,21+/m1/s1. The number of hydrogen-bond donors (Lipinski definition) is 1. The van der Waals surface area contributed by atoms with Crippen molar-refractivity contribution in [2.24, 2.45) is 40.4 Å². The summed E-state index contributed by atoms with van der Waals surface area (Å²) in [5.74, 6) is 5.96. The van der Waals surface area contributed by atoms with Gasteiger partial charge in [-0.25, -0.2) is 0 Å². The fraction of sp³-hybridized carbons (Fsp3) is 0.857. The molecule has 4 fully saturated rings. The molecule has 0 bridgehead atoms. The molecule has 2 heteroatoms. The molecule has 4 aliphatic rings. The van der Waals surface area contributed by atoms with Crippen LogP contribution in [0.2, 0.25) is 0 Å². The molecule has 2 nitrogen and oxygen atoms in total. The predicted molar refractivity (Wildman–Crippen MR) is 90.4 cm³/mol. The van der Waals surface area contributed by atoms with Gasteiger partial charge in [-0.1, -0.05) is 13.8 Å². The topological polar surface area (TPSA) is 37.3 Å². The second-order valence-corrected chi connectivity index (χ2v) is 9.28. The van der Waals surface area contributed by atoms with Crippen LogP contribution < -0.4 is 0 Å². The molecule has 0 aromatic rings. The summed E-state index contributed by atoms with van der Waals surface area (Å²) in [6, 6.07) is 0. The van der Waals surface area contributed by atoms with Crippen LogP contribution in [0.5, 0.6) is 0 Å². The van der Waals surface area contributed by atoms with Gasteiger partial charge in [-0.05, 0) is 74.0 Å². The maximum atomic E-state index is 12.4. The highest BCUT2D eigenvalue weighted by atomic mass is 16.3. The van der Waals surface area contributed by atoms with Gasteiger partial charge in [0.05, 0.1) is 6.10 Å². The molecule has 0 aromatic heterocycles. The lowest BCUT2D eigenvalue weighted by molar-refractivity contribution is -0.148. The highest BCUT2D eigenvalue weighted by Crippen LogP contribution is 2.66. The Morgan fingerprint density at radius 3 is 2.57 bits per heavy atom. The number of rotatable bonds is 0. The van der Waals surface area contributed by atoms with Crippen LogP contribution in [-0.4, -0.2) is 17.0 Å². The van der Waals surface area contributed by atoms with E-state index in [9.17, 15) is 9.90 Å². The van der Waals surface area contributed by atoms with Crippen molar-refractivity contribution in [2.45, 2.75) is 71.3 Å². The van der Waals surface area contributed by atoms with Crippen LogP contribution in [0.3, 0.4) is 0 Å². The monoisotopic (exact) mass is 314 g/mol. The minimum absolute atomic E-state index is 0.0354. The molecule has 8 atom stereocenters. The third-order valence-corrected chi connectivity index (χ3v) is 8.67. The molecule has 0 aromatic carbocycles. The van der Waals surface area contributed by atoms with Crippen molar-refractivity contribution in [1.29, 1.82) is 0 Å². The van der Waals surface area contributed by atoms with Gasteiger partial charge in [-0.2, -0.15) is 0 Å². The molecule has 0 spiro atoms. The third kappa shape index (κ3) is 1.95. The molecule has 0 amide bonds. The second kappa shape index (κ2) is 5.09. The van der Waals surface area contributed by atoms with Gasteiger partial charge in [0.25, 0.3) is 0 Å². The Balaban J connectivity index is 1.67. The van der Waals surface area contributed by atoms with E-state index in [0.717, 1.165) is 38.5 Å². The Bertz CT molecular complexity index is 561. The highest BCUT2D eigenvalue weighted by molar-refractivity contribution is 5.87. The molecule has 4 rings (SSSR count). The molecule has 0 aliphatic heterocycles. The van der Waals surface area contributed by atoms with Crippen LogP contribution in [0.15, 0.2) is 0 Å². The average molecular weight is 314 g/mol. The van der Waals surface area contributed by atoms with Gasteiger partial charge in [-0.3, -0.25) is 4.79 Å². The summed E-state index contributed by atoms with van der Waals surface area (Å²) in [4.78, 5) is 12.4. The summed E-state index contributed by atoms with van der Waals surface area (Å²) >= 11 is 0. The van der Waals surface area contributed by atoms with Gasteiger partial charge in [0, 0.05) is 17.8 Å². The first kappa shape index (κ1) is 15.7. The maximum Gasteiger partial charge on any atom is 0.139 e. The second-order valence-electron chi connectivity index (χ2n) is 9.28. The van der Waals surface area contributed by atoms with Gasteiger partial charge in [0.2, 0.25) is 0 Å². The fourth-order valence-electron chi connectivity index (χ4n) is 7.35. The number of aliphatic hydroxyl groups excluding tert-OH is 1. The zero-order valence-corrected chi connectivity index (χ0v) is 14.6. The first-order chi connectivity index (χ1) is 10.9. The van der Waals surface area contributed by atoms with E-state index >= 15 is 0 Å². The molecule has 0 unspecified atom stereocenters. The smallest absolute Gasteiger partial charge is 0.139 e. The van der Waals surface area contributed by atoms with Crippen molar-refractivity contribution in [3.8, 4) is 12.3 Å². The molecule has 4 saturated carbocycles. The number of carbonyl (C=O) groups is 1. The van der Waals surface area contributed by atoms with Crippen LogP contribution in [-0.2, 0) is 4.79 Å². The molecule has 1 N–H and O–H groups in total. The van der Waals surface area contributed by atoms with E-state index in [-0.39, 0.29) is 22.9 Å². The average Bonchev–Trinajstić information content (AvgIpc) is 2.83. The Hall–Kier alpha value is -0.810. The molecule has 0 saturated heterocycles. The SMILES string of the molecule is C#C[C@H]1[C@H](O)CC[C@@]2(C)[C@H]1CC[C@@H]1[C@@H]2CC[C@]2(C)C(=O)CC[C@@H]12. The molecular formula is C21H30O2. The maximum absolute atomic E-state index is 12.4. The van der Waals surface area contributed by atoms with Gasteiger partial charge < -0.3 is 5.11 Å². The normalized spacial score (nSPS) is 55.5. The summed E-state index contributed by atoms with van der Waals surface area (Å²) in [6.45, 7) is 4.69. The number of hydrogen-bond acceptors (Lipinski definition) is 2.